The third-order valence-corrected chi connectivity index (χ3v) is 2.71. The van der Waals surface area contributed by atoms with Gasteiger partial charge in [-0.25, -0.2) is 4.39 Å². The number of hydrogen-bond donors (Lipinski definition) is 1. The lowest BCUT2D eigenvalue weighted by atomic mass is 10.0. The van der Waals surface area contributed by atoms with Crippen LogP contribution in [0, 0.1) is 5.82 Å². The van der Waals surface area contributed by atoms with E-state index in [-0.39, 0.29) is 17.2 Å². The Bertz CT molecular complexity index is 614. The van der Waals surface area contributed by atoms with E-state index in [1.165, 1.54) is 26.4 Å². The summed E-state index contributed by atoms with van der Waals surface area (Å²) >= 11 is 0. The number of nitrogens with zero attached hydrogens (tertiary/aromatic N) is 1. The van der Waals surface area contributed by atoms with Gasteiger partial charge in [0, 0.05) is 13.2 Å². The highest BCUT2D eigenvalue weighted by Gasteiger charge is 2.19. The zero-order valence-corrected chi connectivity index (χ0v) is 10.6. The number of nitrogens with one attached hydrogen (secondary N) is 1. The van der Waals surface area contributed by atoms with Crippen molar-refractivity contribution in [1.82, 2.24) is 10.3 Å². The van der Waals surface area contributed by atoms with E-state index in [2.05, 4.69) is 10.3 Å². The van der Waals surface area contributed by atoms with Crippen LogP contribution < -0.4 is 10.1 Å². The Balaban J connectivity index is 2.69. The number of carbonyl (C=O) groups excluding carboxylic acids is 1. The normalized spacial score (nSPS) is 10.1. The van der Waals surface area contributed by atoms with Crippen LogP contribution in [-0.2, 0) is 0 Å². The second-order valence-electron chi connectivity index (χ2n) is 3.80. The molecule has 1 heterocycles. The van der Waals surface area contributed by atoms with Crippen molar-refractivity contribution < 1.29 is 13.9 Å². The molecule has 1 N–H and O–H groups in total. The minimum absolute atomic E-state index is 0.184. The molecule has 1 amide bonds. The smallest absolute Gasteiger partial charge is 0.253 e. The maximum atomic E-state index is 14.0. The first kappa shape index (κ1) is 13.0. The van der Waals surface area contributed by atoms with Crippen molar-refractivity contribution in [2.24, 2.45) is 0 Å². The Morgan fingerprint density at radius 3 is 2.79 bits per heavy atom. The quantitative estimate of drug-likeness (QED) is 0.921. The first-order chi connectivity index (χ1) is 9.19. The average molecular weight is 260 g/mol. The van der Waals surface area contributed by atoms with Gasteiger partial charge in [-0.1, -0.05) is 6.07 Å². The van der Waals surface area contributed by atoms with Crippen LogP contribution in [-0.4, -0.2) is 25.0 Å². The number of pyridine rings is 1. The van der Waals surface area contributed by atoms with Crippen molar-refractivity contribution >= 4 is 5.91 Å². The summed E-state index contributed by atoms with van der Waals surface area (Å²) in [5.41, 5.74) is 0.745. The molecule has 4 nitrogen and oxygen atoms in total. The summed E-state index contributed by atoms with van der Waals surface area (Å²) < 4.78 is 19.2. The highest BCUT2D eigenvalue weighted by atomic mass is 19.1. The van der Waals surface area contributed by atoms with Gasteiger partial charge in [0.15, 0.2) is 0 Å². The van der Waals surface area contributed by atoms with Crippen LogP contribution in [0.4, 0.5) is 4.39 Å². The molecule has 0 fully saturated rings. The Hall–Kier alpha value is -2.43. The molecule has 0 bridgehead atoms. The molecule has 0 radical (unpaired) electrons. The molecule has 0 aliphatic heterocycles. The minimum Gasteiger partial charge on any atom is -0.496 e. The topological polar surface area (TPSA) is 51.2 Å². The standard InChI is InChI=1S/C14H13FN2O2/c1-16-14(18)9-5-4-8-17-13(9)12-10(15)6-3-7-11(12)19-2/h3-8H,1-2H3,(H,16,18). The second-order valence-corrected chi connectivity index (χ2v) is 3.80. The molecule has 0 saturated carbocycles. The molecule has 0 aliphatic rings. The summed E-state index contributed by atoms with van der Waals surface area (Å²) in [5.74, 6) is -0.472. The average Bonchev–Trinajstić information content (AvgIpc) is 2.46. The lowest BCUT2D eigenvalue weighted by Crippen LogP contribution is -2.19. The van der Waals surface area contributed by atoms with E-state index in [1.54, 1.807) is 24.3 Å². The van der Waals surface area contributed by atoms with Crippen molar-refractivity contribution in [3.8, 4) is 17.0 Å². The highest BCUT2D eigenvalue weighted by Crippen LogP contribution is 2.33. The summed E-state index contributed by atoms with van der Waals surface area (Å²) in [7, 11) is 2.96. The number of benzene rings is 1. The number of amides is 1. The molecule has 1 aromatic heterocycles. The molecule has 98 valence electrons. The number of ether oxygens (including phenoxy) is 1. The minimum atomic E-state index is -0.483. The summed E-state index contributed by atoms with van der Waals surface area (Å²) in [6.07, 6.45) is 1.51. The number of halogens is 1. The molecule has 0 saturated heterocycles. The third kappa shape index (κ3) is 2.40. The number of carbonyl (C=O) groups is 1. The van der Waals surface area contributed by atoms with Crippen LogP contribution >= 0.6 is 0 Å². The SMILES string of the molecule is CNC(=O)c1cccnc1-c1c(F)cccc1OC. The van der Waals surface area contributed by atoms with E-state index in [0.29, 0.717) is 11.3 Å². The van der Waals surface area contributed by atoms with Crippen LogP contribution in [0.5, 0.6) is 5.75 Å². The number of rotatable bonds is 3. The Morgan fingerprint density at radius 1 is 1.32 bits per heavy atom. The molecule has 2 rings (SSSR count). The summed E-state index contributed by atoms with van der Waals surface area (Å²) in [6, 6.07) is 7.69. The first-order valence-corrected chi connectivity index (χ1v) is 5.69. The summed E-state index contributed by atoms with van der Waals surface area (Å²) in [4.78, 5) is 15.9. The Kier molecular flexibility index (Phi) is 3.75. The Labute approximate surface area is 110 Å². The van der Waals surface area contributed by atoms with Crippen molar-refractivity contribution in [2.75, 3.05) is 14.2 Å². The van der Waals surface area contributed by atoms with E-state index in [9.17, 15) is 9.18 Å². The predicted molar refractivity (Wildman–Crippen MR) is 69.6 cm³/mol. The van der Waals surface area contributed by atoms with E-state index in [1.807, 2.05) is 0 Å². The van der Waals surface area contributed by atoms with Gasteiger partial charge in [-0.15, -0.1) is 0 Å². The van der Waals surface area contributed by atoms with Gasteiger partial charge in [-0.2, -0.15) is 0 Å². The monoisotopic (exact) mass is 260 g/mol. The van der Waals surface area contributed by atoms with E-state index in [4.69, 9.17) is 4.74 Å². The zero-order valence-electron chi connectivity index (χ0n) is 10.6. The lowest BCUT2D eigenvalue weighted by Gasteiger charge is -2.12. The predicted octanol–water partition coefficient (Wildman–Crippen LogP) is 2.26. The Morgan fingerprint density at radius 2 is 2.11 bits per heavy atom. The van der Waals surface area contributed by atoms with Gasteiger partial charge >= 0.3 is 0 Å². The fourth-order valence-electron chi connectivity index (χ4n) is 1.83. The maximum Gasteiger partial charge on any atom is 0.253 e. The van der Waals surface area contributed by atoms with Gasteiger partial charge in [-0.05, 0) is 24.3 Å². The molecule has 19 heavy (non-hydrogen) atoms. The molecule has 5 heteroatoms. The van der Waals surface area contributed by atoms with Crippen LogP contribution in [0.2, 0.25) is 0 Å². The molecule has 0 spiro atoms. The van der Waals surface area contributed by atoms with Gasteiger partial charge in [0.25, 0.3) is 5.91 Å². The van der Waals surface area contributed by atoms with Crippen LogP contribution in [0.1, 0.15) is 10.4 Å². The van der Waals surface area contributed by atoms with Gasteiger partial charge in [-0.3, -0.25) is 9.78 Å². The highest BCUT2D eigenvalue weighted by molar-refractivity contribution is 6.00. The summed E-state index contributed by atoms with van der Waals surface area (Å²) in [5, 5.41) is 2.51. The fourth-order valence-corrected chi connectivity index (χ4v) is 1.83. The summed E-state index contributed by atoms with van der Waals surface area (Å²) in [6.45, 7) is 0. The van der Waals surface area contributed by atoms with Crippen molar-refractivity contribution in [3.63, 3.8) is 0 Å². The number of hydrogen-bond acceptors (Lipinski definition) is 3. The van der Waals surface area contributed by atoms with Gasteiger partial charge in [0.2, 0.25) is 0 Å². The van der Waals surface area contributed by atoms with Crippen molar-refractivity contribution in [1.29, 1.82) is 0 Å². The molecular weight excluding hydrogens is 247 g/mol. The molecule has 2 aromatic rings. The largest absolute Gasteiger partial charge is 0.496 e. The van der Waals surface area contributed by atoms with Crippen LogP contribution in [0.15, 0.2) is 36.5 Å². The number of aromatic nitrogens is 1. The fraction of sp³-hybridized carbons (Fsp3) is 0.143. The van der Waals surface area contributed by atoms with E-state index in [0.717, 1.165) is 0 Å². The zero-order chi connectivity index (χ0) is 13.8. The first-order valence-electron chi connectivity index (χ1n) is 5.69. The van der Waals surface area contributed by atoms with Gasteiger partial charge < -0.3 is 10.1 Å². The van der Waals surface area contributed by atoms with Gasteiger partial charge in [0.05, 0.1) is 23.9 Å². The molecule has 1 aromatic carbocycles. The molecular formula is C14H13FN2O2. The van der Waals surface area contributed by atoms with E-state index < -0.39 is 5.82 Å². The van der Waals surface area contributed by atoms with Crippen molar-refractivity contribution in [3.05, 3.63) is 47.9 Å². The van der Waals surface area contributed by atoms with Crippen LogP contribution in [0.25, 0.3) is 11.3 Å². The second kappa shape index (κ2) is 5.48. The maximum absolute atomic E-state index is 14.0. The van der Waals surface area contributed by atoms with Crippen molar-refractivity contribution in [2.45, 2.75) is 0 Å². The number of methoxy groups -OCH3 is 1. The molecule has 0 unspecified atom stereocenters. The van der Waals surface area contributed by atoms with E-state index >= 15 is 0 Å². The third-order valence-electron chi connectivity index (χ3n) is 2.71. The lowest BCUT2D eigenvalue weighted by molar-refractivity contribution is 0.0963. The molecule has 0 atom stereocenters. The van der Waals surface area contributed by atoms with Crippen LogP contribution in [0.3, 0.4) is 0 Å². The van der Waals surface area contributed by atoms with Gasteiger partial charge in [0.1, 0.15) is 11.6 Å². The molecule has 0 aliphatic carbocycles.